The van der Waals surface area contributed by atoms with E-state index >= 15 is 0 Å². The predicted octanol–water partition coefficient (Wildman–Crippen LogP) is 2.13. The SMILES string of the molecule is CC(=O)Oc1c(C)oc(C)c1C. The van der Waals surface area contributed by atoms with Gasteiger partial charge in [0.1, 0.15) is 11.5 Å². The first-order valence-electron chi connectivity index (χ1n) is 3.77. The summed E-state index contributed by atoms with van der Waals surface area (Å²) in [6.07, 6.45) is 0. The molecule has 0 unspecified atom stereocenters. The smallest absolute Gasteiger partial charge is 0.308 e. The Morgan fingerprint density at radius 2 is 1.83 bits per heavy atom. The second kappa shape index (κ2) is 3.01. The first kappa shape index (κ1) is 8.84. The van der Waals surface area contributed by atoms with Crippen molar-refractivity contribution in [3.05, 3.63) is 17.1 Å². The highest BCUT2D eigenvalue weighted by Gasteiger charge is 2.13. The molecule has 1 rings (SSSR count). The Hall–Kier alpha value is -1.25. The van der Waals surface area contributed by atoms with E-state index in [-0.39, 0.29) is 5.97 Å². The fourth-order valence-electron chi connectivity index (χ4n) is 1.07. The Morgan fingerprint density at radius 3 is 2.17 bits per heavy atom. The highest BCUT2D eigenvalue weighted by atomic mass is 16.5. The van der Waals surface area contributed by atoms with Crippen LogP contribution in [0.3, 0.4) is 0 Å². The van der Waals surface area contributed by atoms with Crippen LogP contribution in [0.15, 0.2) is 4.42 Å². The van der Waals surface area contributed by atoms with E-state index in [9.17, 15) is 4.79 Å². The van der Waals surface area contributed by atoms with Crippen LogP contribution in [0.2, 0.25) is 0 Å². The molecule has 12 heavy (non-hydrogen) atoms. The molecule has 0 radical (unpaired) electrons. The second-order valence-corrected chi connectivity index (χ2v) is 2.76. The summed E-state index contributed by atoms with van der Waals surface area (Å²) in [6, 6.07) is 0. The van der Waals surface area contributed by atoms with Crippen molar-refractivity contribution in [2.75, 3.05) is 0 Å². The monoisotopic (exact) mass is 168 g/mol. The van der Waals surface area contributed by atoms with Gasteiger partial charge in [0.15, 0.2) is 5.75 Å². The summed E-state index contributed by atoms with van der Waals surface area (Å²) < 4.78 is 10.2. The van der Waals surface area contributed by atoms with Crippen molar-refractivity contribution in [1.29, 1.82) is 0 Å². The van der Waals surface area contributed by atoms with E-state index in [1.807, 2.05) is 13.8 Å². The highest BCUT2D eigenvalue weighted by molar-refractivity contribution is 5.70. The maximum Gasteiger partial charge on any atom is 0.308 e. The van der Waals surface area contributed by atoms with Gasteiger partial charge in [-0.1, -0.05) is 0 Å². The van der Waals surface area contributed by atoms with Crippen LogP contribution in [0, 0.1) is 20.8 Å². The molecule has 1 aromatic heterocycles. The lowest BCUT2D eigenvalue weighted by Gasteiger charge is -1.98. The van der Waals surface area contributed by atoms with Crippen LogP contribution in [-0.2, 0) is 4.79 Å². The molecule has 3 heteroatoms. The Morgan fingerprint density at radius 1 is 1.25 bits per heavy atom. The van der Waals surface area contributed by atoms with Crippen LogP contribution in [0.1, 0.15) is 24.0 Å². The predicted molar refractivity (Wildman–Crippen MR) is 44.2 cm³/mol. The third-order valence-electron chi connectivity index (χ3n) is 1.74. The number of esters is 1. The Bertz CT molecular complexity index is 310. The molecular weight excluding hydrogens is 156 g/mol. The van der Waals surface area contributed by atoms with Crippen molar-refractivity contribution in [2.45, 2.75) is 27.7 Å². The first-order valence-corrected chi connectivity index (χ1v) is 3.77. The number of carbonyl (C=O) groups is 1. The molecule has 0 aliphatic carbocycles. The molecule has 0 bridgehead atoms. The minimum atomic E-state index is -0.318. The van der Waals surface area contributed by atoms with Gasteiger partial charge in [-0.25, -0.2) is 0 Å². The number of ether oxygens (including phenoxy) is 1. The number of carbonyl (C=O) groups excluding carboxylic acids is 1. The zero-order valence-corrected chi connectivity index (χ0v) is 7.72. The number of aryl methyl sites for hydroxylation is 2. The molecule has 0 aromatic carbocycles. The Labute approximate surface area is 71.3 Å². The molecule has 3 nitrogen and oxygen atoms in total. The molecule has 0 aliphatic heterocycles. The molecular formula is C9H12O3. The minimum Gasteiger partial charge on any atom is -0.462 e. The van der Waals surface area contributed by atoms with Gasteiger partial charge in [0.25, 0.3) is 0 Å². The maximum absolute atomic E-state index is 10.7. The zero-order chi connectivity index (χ0) is 9.30. The molecule has 0 saturated carbocycles. The summed E-state index contributed by atoms with van der Waals surface area (Å²) in [5.74, 6) is 1.69. The first-order chi connectivity index (χ1) is 5.52. The Kier molecular flexibility index (Phi) is 2.22. The fraction of sp³-hybridized carbons (Fsp3) is 0.444. The lowest BCUT2D eigenvalue weighted by Crippen LogP contribution is -2.02. The summed E-state index contributed by atoms with van der Waals surface area (Å²) in [7, 11) is 0. The van der Waals surface area contributed by atoms with E-state index in [1.54, 1.807) is 6.92 Å². The summed E-state index contributed by atoms with van der Waals surface area (Å²) in [4.78, 5) is 10.7. The van der Waals surface area contributed by atoms with Gasteiger partial charge in [-0.3, -0.25) is 4.79 Å². The van der Waals surface area contributed by atoms with Gasteiger partial charge in [-0.2, -0.15) is 0 Å². The second-order valence-electron chi connectivity index (χ2n) is 2.76. The van der Waals surface area contributed by atoms with Crippen molar-refractivity contribution < 1.29 is 13.9 Å². The van der Waals surface area contributed by atoms with Crippen molar-refractivity contribution in [2.24, 2.45) is 0 Å². The molecule has 0 N–H and O–H groups in total. The van der Waals surface area contributed by atoms with Gasteiger partial charge in [-0.15, -0.1) is 0 Å². The van der Waals surface area contributed by atoms with Gasteiger partial charge in [-0.05, 0) is 20.8 Å². The topological polar surface area (TPSA) is 39.4 Å². The summed E-state index contributed by atoms with van der Waals surface area (Å²) in [5, 5.41) is 0. The largest absolute Gasteiger partial charge is 0.462 e. The standard InChI is InChI=1S/C9H12O3/c1-5-6(2)11-7(3)9(5)12-8(4)10/h1-4H3. The van der Waals surface area contributed by atoms with Crippen LogP contribution < -0.4 is 4.74 Å². The minimum absolute atomic E-state index is 0.318. The highest BCUT2D eigenvalue weighted by Crippen LogP contribution is 2.28. The third-order valence-corrected chi connectivity index (χ3v) is 1.74. The van der Waals surface area contributed by atoms with Crippen molar-refractivity contribution in [3.8, 4) is 5.75 Å². The lowest BCUT2D eigenvalue weighted by atomic mass is 10.2. The lowest BCUT2D eigenvalue weighted by molar-refractivity contribution is -0.132. The van der Waals surface area contributed by atoms with E-state index in [0.29, 0.717) is 11.5 Å². The summed E-state index contributed by atoms with van der Waals surface area (Å²) >= 11 is 0. The molecule has 0 atom stereocenters. The summed E-state index contributed by atoms with van der Waals surface area (Å²) in [6.45, 7) is 6.86. The fourth-order valence-corrected chi connectivity index (χ4v) is 1.07. The van der Waals surface area contributed by atoms with E-state index in [2.05, 4.69) is 0 Å². The molecule has 0 aliphatic rings. The maximum atomic E-state index is 10.7. The molecule has 0 fully saturated rings. The van der Waals surface area contributed by atoms with Crippen LogP contribution >= 0.6 is 0 Å². The zero-order valence-electron chi connectivity index (χ0n) is 7.72. The van der Waals surface area contributed by atoms with Gasteiger partial charge in [0, 0.05) is 12.5 Å². The van der Waals surface area contributed by atoms with Crippen LogP contribution in [0.25, 0.3) is 0 Å². The van der Waals surface area contributed by atoms with Gasteiger partial charge in [0.05, 0.1) is 0 Å². The van der Waals surface area contributed by atoms with Crippen molar-refractivity contribution in [1.82, 2.24) is 0 Å². The third kappa shape index (κ3) is 1.49. The van der Waals surface area contributed by atoms with Crippen molar-refractivity contribution in [3.63, 3.8) is 0 Å². The summed E-state index contributed by atoms with van der Waals surface area (Å²) in [5.41, 5.74) is 0.891. The van der Waals surface area contributed by atoms with E-state index in [0.717, 1.165) is 11.3 Å². The molecule has 0 saturated heterocycles. The molecule has 66 valence electrons. The van der Waals surface area contributed by atoms with Gasteiger partial charge in [0.2, 0.25) is 0 Å². The van der Waals surface area contributed by atoms with E-state index in [4.69, 9.17) is 9.15 Å². The van der Waals surface area contributed by atoms with E-state index in [1.165, 1.54) is 6.92 Å². The number of hydrogen-bond acceptors (Lipinski definition) is 3. The number of hydrogen-bond donors (Lipinski definition) is 0. The molecule has 1 aromatic rings. The number of furan rings is 1. The van der Waals surface area contributed by atoms with Gasteiger partial charge < -0.3 is 9.15 Å². The van der Waals surface area contributed by atoms with Crippen LogP contribution in [-0.4, -0.2) is 5.97 Å². The Balaban J connectivity index is 3.05. The normalized spacial score (nSPS) is 10.0. The molecule has 1 heterocycles. The average Bonchev–Trinajstić information content (AvgIpc) is 2.16. The van der Waals surface area contributed by atoms with Crippen LogP contribution in [0.4, 0.5) is 0 Å². The molecule has 0 amide bonds. The van der Waals surface area contributed by atoms with Crippen LogP contribution in [0.5, 0.6) is 5.75 Å². The number of rotatable bonds is 1. The quantitative estimate of drug-likeness (QED) is 0.603. The molecule has 0 spiro atoms. The van der Waals surface area contributed by atoms with Gasteiger partial charge >= 0.3 is 5.97 Å². The average molecular weight is 168 g/mol. The van der Waals surface area contributed by atoms with Crippen molar-refractivity contribution >= 4 is 5.97 Å². The van der Waals surface area contributed by atoms with E-state index < -0.39 is 0 Å².